The van der Waals surface area contributed by atoms with Gasteiger partial charge in [-0.15, -0.1) is 11.3 Å². The highest BCUT2D eigenvalue weighted by Gasteiger charge is 2.20. The average molecular weight is 361 g/mol. The molecule has 8 heteroatoms. The zero-order chi connectivity index (χ0) is 18.4. The van der Waals surface area contributed by atoms with E-state index in [2.05, 4.69) is 10.3 Å². The molecule has 132 valence electrons. The van der Waals surface area contributed by atoms with Crippen molar-refractivity contribution in [3.05, 3.63) is 40.9 Å². The summed E-state index contributed by atoms with van der Waals surface area (Å²) in [6.45, 7) is 1.20. The van der Waals surface area contributed by atoms with E-state index in [1.165, 1.54) is 30.3 Å². The lowest BCUT2D eigenvalue weighted by Crippen LogP contribution is -2.39. The molecule has 0 atom stereocenters. The SMILES string of the molecule is CNC(=O)CN(C)C(=O)COC(=O)c1sc(-c2ccccc2)nc1C. The van der Waals surface area contributed by atoms with Crippen molar-refractivity contribution >= 4 is 29.1 Å². The van der Waals surface area contributed by atoms with Crippen molar-refractivity contribution in [3.8, 4) is 10.6 Å². The van der Waals surface area contributed by atoms with Gasteiger partial charge in [0.15, 0.2) is 6.61 Å². The summed E-state index contributed by atoms with van der Waals surface area (Å²) in [4.78, 5) is 41.3. The van der Waals surface area contributed by atoms with E-state index >= 15 is 0 Å². The van der Waals surface area contributed by atoms with E-state index in [1.807, 2.05) is 30.3 Å². The van der Waals surface area contributed by atoms with Crippen LogP contribution in [0.25, 0.3) is 10.6 Å². The van der Waals surface area contributed by atoms with Crippen molar-refractivity contribution in [3.63, 3.8) is 0 Å². The number of nitrogens with zero attached hydrogens (tertiary/aromatic N) is 2. The fraction of sp³-hybridized carbons (Fsp3) is 0.294. The molecule has 1 aromatic heterocycles. The lowest BCUT2D eigenvalue weighted by Gasteiger charge is -2.15. The van der Waals surface area contributed by atoms with E-state index in [0.29, 0.717) is 15.6 Å². The van der Waals surface area contributed by atoms with Gasteiger partial charge in [0.05, 0.1) is 12.2 Å². The fourth-order valence-electron chi connectivity index (χ4n) is 1.98. The second kappa shape index (κ2) is 8.39. The van der Waals surface area contributed by atoms with E-state index in [-0.39, 0.29) is 12.5 Å². The maximum Gasteiger partial charge on any atom is 0.350 e. The Morgan fingerprint density at radius 2 is 1.92 bits per heavy atom. The highest BCUT2D eigenvalue weighted by atomic mass is 32.1. The predicted octanol–water partition coefficient (Wildman–Crippen LogP) is 1.48. The lowest BCUT2D eigenvalue weighted by molar-refractivity contribution is -0.137. The molecule has 25 heavy (non-hydrogen) atoms. The van der Waals surface area contributed by atoms with Crippen LogP contribution in [0.15, 0.2) is 30.3 Å². The highest BCUT2D eigenvalue weighted by molar-refractivity contribution is 7.17. The Morgan fingerprint density at radius 3 is 2.56 bits per heavy atom. The number of hydrogen-bond donors (Lipinski definition) is 1. The molecule has 0 saturated heterocycles. The molecule has 0 aliphatic heterocycles. The van der Waals surface area contributed by atoms with Crippen LogP contribution in [0.1, 0.15) is 15.4 Å². The summed E-state index contributed by atoms with van der Waals surface area (Å²) in [7, 11) is 2.95. The quantitative estimate of drug-likeness (QED) is 0.788. The first-order valence-electron chi connectivity index (χ1n) is 7.57. The Kier molecular flexibility index (Phi) is 6.24. The first kappa shape index (κ1) is 18.6. The molecule has 0 unspecified atom stereocenters. The van der Waals surface area contributed by atoms with E-state index < -0.39 is 18.5 Å². The number of aromatic nitrogens is 1. The smallest absolute Gasteiger partial charge is 0.350 e. The Morgan fingerprint density at radius 1 is 1.24 bits per heavy atom. The molecule has 2 aromatic rings. The van der Waals surface area contributed by atoms with Crippen molar-refractivity contribution in [2.24, 2.45) is 0 Å². The fourth-order valence-corrected chi connectivity index (χ4v) is 2.94. The summed E-state index contributed by atoms with van der Waals surface area (Å²) in [5.74, 6) is -1.35. The van der Waals surface area contributed by atoms with Gasteiger partial charge in [-0.05, 0) is 6.92 Å². The summed E-state index contributed by atoms with van der Waals surface area (Å²) in [5.41, 5.74) is 1.47. The Labute approximate surface area is 149 Å². The van der Waals surface area contributed by atoms with Crippen LogP contribution in [0.4, 0.5) is 0 Å². The summed E-state index contributed by atoms with van der Waals surface area (Å²) in [6.07, 6.45) is 0. The highest BCUT2D eigenvalue weighted by Crippen LogP contribution is 2.28. The molecule has 0 aliphatic carbocycles. The Hall–Kier alpha value is -2.74. The number of hydrogen-bond acceptors (Lipinski definition) is 6. The van der Waals surface area contributed by atoms with Crippen LogP contribution >= 0.6 is 11.3 Å². The number of thiazole rings is 1. The van der Waals surface area contributed by atoms with Crippen molar-refractivity contribution in [1.82, 2.24) is 15.2 Å². The van der Waals surface area contributed by atoms with Gasteiger partial charge in [-0.25, -0.2) is 9.78 Å². The normalized spacial score (nSPS) is 10.2. The molecular formula is C17H19N3O4S. The molecule has 0 spiro atoms. The molecule has 0 aliphatic rings. The van der Waals surface area contributed by atoms with Crippen molar-refractivity contribution in [1.29, 1.82) is 0 Å². The number of nitrogens with one attached hydrogen (secondary N) is 1. The number of carbonyl (C=O) groups is 3. The van der Waals surface area contributed by atoms with Gasteiger partial charge in [0.2, 0.25) is 5.91 Å². The molecule has 1 aromatic carbocycles. The standard InChI is InChI=1S/C17H19N3O4S/c1-11-15(25-16(19-11)12-7-5-4-6-8-12)17(23)24-10-14(22)20(3)9-13(21)18-2/h4-8H,9-10H2,1-3H3,(H,18,21). The van der Waals surface area contributed by atoms with Gasteiger partial charge in [-0.3, -0.25) is 9.59 Å². The van der Waals surface area contributed by atoms with E-state index in [9.17, 15) is 14.4 Å². The molecule has 2 rings (SSSR count). The molecule has 0 bridgehead atoms. The van der Waals surface area contributed by atoms with Crippen LogP contribution in [0, 0.1) is 6.92 Å². The minimum Gasteiger partial charge on any atom is -0.451 e. The predicted molar refractivity (Wildman–Crippen MR) is 94.3 cm³/mol. The largest absolute Gasteiger partial charge is 0.451 e. The first-order chi connectivity index (χ1) is 11.9. The molecule has 0 saturated carbocycles. The third-order valence-corrected chi connectivity index (χ3v) is 4.60. The van der Waals surface area contributed by atoms with Crippen LogP contribution < -0.4 is 5.32 Å². The number of aryl methyl sites for hydroxylation is 1. The van der Waals surface area contributed by atoms with Crippen molar-refractivity contribution < 1.29 is 19.1 Å². The lowest BCUT2D eigenvalue weighted by atomic mass is 10.2. The zero-order valence-electron chi connectivity index (χ0n) is 14.2. The van der Waals surface area contributed by atoms with Crippen LogP contribution in [-0.2, 0) is 14.3 Å². The molecule has 7 nitrogen and oxygen atoms in total. The number of esters is 1. The second-order valence-corrected chi connectivity index (χ2v) is 6.30. The Balaban J connectivity index is 1.98. The van der Waals surface area contributed by atoms with Gasteiger partial charge < -0.3 is 15.0 Å². The van der Waals surface area contributed by atoms with Crippen molar-refractivity contribution in [2.45, 2.75) is 6.92 Å². The number of benzene rings is 1. The minimum absolute atomic E-state index is 0.0926. The van der Waals surface area contributed by atoms with Gasteiger partial charge in [0.1, 0.15) is 9.88 Å². The molecule has 2 amide bonds. The number of carbonyl (C=O) groups excluding carboxylic acids is 3. The Bertz CT molecular complexity index is 773. The van der Waals surface area contributed by atoms with Gasteiger partial charge in [0.25, 0.3) is 5.91 Å². The molecule has 0 fully saturated rings. The third-order valence-electron chi connectivity index (χ3n) is 3.41. The van der Waals surface area contributed by atoms with Crippen LogP contribution in [0.3, 0.4) is 0 Å². The minimum atomic E-state index is -0.598. The monoisotopic (exact) mass is 361 g/mol. The molecular weight excluding hydrogens is 342 g/mol. The zero-order valence-corrected chi connectivity index (χ0v) is 15.1. The van der Waals surface area contributed by atoms with E-state index in [4.69, 9.17) is 4.74 Å². The summed E-state index contributed by atoms with van der Waals surface area (Å²) in [5, 5.41) is 3.14. The maximum absolute atomic E-state index is 12.2. The van der Waals surface area contributed by atoms with E-state index in [1.54, 1.807) is 6.92 Å². The number of rotatable bonds is 6. The molecule has 1 N–H and O–H groups in total. The summed E-state index contributed by atoms with van der Waals surface area (Å²) >= 11 is 1.22. The third kappa shape index (κ3) is 4.87. The topological polar surface area (TPSA) is 88.6 Å². The first-order valence-corrected chi connectivity index (χ1v) is 8.38. The average Bonchev–Trinajstić information content (AvgIpc) is 3.01. The van der Waals surface area contributed by atoms with Gasteiger partial charge in [-0.2, -0.15) is 0 Å². The summed E-state index contributed by atoms with van der Waals surface area (Å²) in [6, 6.07) is 9.51. The van der Waals surface area contributed by atoms with Crippen molar-refractivity contribution in [2.75, 3.05) is 27.2 Å². The number of likely N-dealkylation sites (N-methyl/N-ethyl adjacent to an activating group) is 2. The summed E-state index contributed by atoms with van der Waals surface area (Å²) < 4.78 is 5.06. The van der Waals surface area contributed by atoms with Gasteiger partial charge in [0, 0.05) is 19.7 Å². The molecule has 1 heterocycles. The van der Waals surface area contributed by atoms with E-state index in [0.717, 1.165) is 5.56 Å². The van der Waals surface area contributed by atoms with Gasteiger partial charge >= 0.3 is 5.97 Å². The molecule has 0 radical (unpaired) electrons. The second-order valence-electron chi connectivity index (χ2n) is 5.30. The maximum atomic E-state index is 12.2. The van der Waals surface area contributed by atoms with Gasteiger partial charge in [-0.1, -0.05) is 30.3 Å². The number of ether oxygens (including phenoxy) is 1. The van der Waals surface area contributed by atoms with Crippen LogP contribution in [0.2, 0.25) is 0 Å². The van der Waals surface area contributed by atoms with Crippen LogP contribution in [-0.4, -0.2) is 54.9 Å². The number of amides is 2. The van der Waals surface area contributed by atoms with Crippen LogP contribution in [0.5, 0.6) is 0 Å².